The van der Waals surface area contributed by atoms with Gasteiger partial charge in [-0.2, -0.15) is 0 Å². The van der Waals surface area contributed by atoms with Crippen LogP contribution >= 0.6 is 0 Å². The molecule has 1 rings (SSSR count). The van der Waals surface area contributed by atoms with E-state index in [4.69, 9.17) is 4.74 Å². The lowest BCUT2D eigenvalue weighted by Gasteiger charge is -2.13. The summed E-state index contributed by atoms with van der Waals surface area (Å²) in [5.41, 5.74) is 1.07. The molecule has 0 aliphatic carbocycles. The lowest BCUT2D eigenvalue weighted by molar-refractivity contribution is 0.153. The van der Waals surface area contributed by atoms with Crippen molar-refractivity contribution in [1.82, 2.24) is 10.0 Å². The Kier molecular flexibility index (Phi) is 7.15. The van der Waals surface area contributed by atoms with Crippen molar-refractivity contribution >= 4 is 10.0 Å². The van der Waals surface area contributed by atoms with Crippen LogP contribution in [0.1, 0.15) is 32.4 Å². The van der Waals surface area contributed by atoms with E-state index in [1.165, 1.54) is 0 Å². The first-order chi connectivity index (χ1) is 9.51. The average Bonchev–Trinajstić information content (AvgIpc) is 2.44. The quantitative estimate of drug-likeness (QED) is 0.681. The molecule has 1 aromatic rings. The zero-order chi connectivity index (χ0) is 15.0. The first-order valence-corrected chi connectivity index (χ1v) is 8.40. The molecule has 1 atom stereocenters. The van der Waals surface area contributed by atoms with E-state index in [2.05, 4.69) is 10.0 Å². The number of sulfonamides is 1. The molecule has 0 saturated carbocycles. The van der Waals surface area contributed by atoms with Gasteiger partial charge in [0.15, 0.2) is 0 Å². The minimum Gasteiger partial charge on any atom is -0.380 e. The zero-order valence-corrected chi connectivity index (χ0v) is 13.2. The number of nitrogens with one attached hydrogen (secondary N) is 2. The molecular weight excluding hydrogens is 276 g/mol. The van der Waals surface area contributed by atoms with Crippen LogP contribution in [0.2, 0.25) is 0 Å². The molecule has 1 aromatic carbocycles. The second kappa shape index (κ2) is 8.36. The Morgan fingerprint density at radius 3 is 2.40 bits per heavy atom. The van der Waals surface area contributed by atoms with E-state index in [0.29, 0.717) is 13.2 Å². The average molecular weight is 300 g/mol. The molecule has 5 nitrogen and oxygen atoms in total. The van der Waals surface area contributed by atoms with Crippen molar-refractivity contribution in [2.75, 3.05) is 26.3 Å². The van der Waals surface area contributed by atoms with Crippen LogP contribution in [-0.4, -0.2) is 34.7 Å². The van der Waals surface area contributed by atoms with E-state index in [9.17, 15) is 8.42 Å². The van der Waals surface area contributed by atoms with Gasteiger partial charge >= 0.3 is 0 Å². The van der Waals surface area contributed by atoms with Gasteiger partial charge < -0.3 is 10.1 Å². The van der Waals surface area contributed by atoms with Crippen molar-refractivity contribution < 1.29 is 13.2 Å². The molecule has 0 aliphatic rings. The summed E-state index contributed by atoms with van der Waals surface area (Å²) in [7, 11) is -3.45. The lowest BCUT2D eigenvalue weighted by Crippen LogP contribution is -2.27. The van der Waals surface area contributed by atoms with Crippen LogP contribution in [-0.2, 0) is 14.8 Å². The minimum absolute atomic E-state index is 0.211. The minimum atomic E-state index is -3.45. The standard InChI is InChI=1S/C14H24N2O3S/c1-4-15-12(3)13-6-8-14(9-7-13)20(17,18)16-10-11-19-5-2/h6-9,12,15-16H,4-5,10-11H2,1-3H3. The second-order valence-corrected chi connectivity index (χ2v) is 6.21. The lowest BCUT2D eigenvalue weighted by atomic mass is 10.1. The van der Waals surface area contributed by atoms with Crippen LogP contribution in [0, 0.1) is 0 Å². The van der Waals surface area contributed by atoms with Gasteiger partial charge in [0, 0.05) is 19.2 Å². The van der Waals surface area contributed by atoms with Gasteiger partial charge in [0.25, 0.3) is 0 Å². The van der Waals surface area contributed by atoms with Crippen LogP contribution in [0.4, 0.5) is 0 Å². The number of hydrogen-bond donors (Lipinski definition) is 2. The predicted octanol–water partition coefficient (Wildman–Crippen LogP) is 1.67. The van der Waals surface area contributed by atoms with Gasteiger partial charge in [-0.05, 0) is 38.1 Å². The van der Waals surface area contributed by atoms with Gasteiger partial charge in [0.05, 0.1) is 11.5 Å². The molecule has 1 unspecified atom stereocenters. The summed E-state index contributed by atoms with van der Waals surface area (Å²) >= 11 is 0. The van der Waals surface area contributed by atoms with E-state index in [-0.39, 0.29) is 17.5 Å². The third-order valence-electron chi connectivity index (χ3n) is 2.94. The molecule has 0 spiro atoms. The molecule has 0 fully saturated rings. The van der Waals surface area contributed by atoms with Crippen molar-refractivity contribution in [2.24, 2.45) is 0 Å². The molecule has 20 heavy (non-hydrogen) atoms. The van der Waals surface area contributed by atoms with Gasteiger partial charge in [-0.1, -0.05) is 19.1 Å². The van der Waals surface area contributed by atoms with Gasteiger partial charge in [-0.25, -0.2) is 13.1 Å². The molecule has 114 valence electrons. The predicted molar refractivity (Wildman–Crippen MR) is 80.2 cm³/mol. The highest BCUT2D eigenvalue weighted by atomic mass is 32.2. The molecule has 0 saturated heterocycles. The van der Waals surface area contributed by atoms with Crippen LogP contribution < -0.4 is 10.0 Å². The van der Waals surface area contributed by atoms with Crippen molar-refractivity contribution in [3.05, 3.63) is 29.8 Å². The molecule has 0 bridgehead atoms. The highest BCUT2D eigenvalue weighted by Gasteiger charge is 2.13. The fourth-order valence-electron chi connectivity index (χ4n) is 1.84. The maximum absolute atomic E-state index is 12.0. The van der Waals surface area contributed by atoms with Crippen molar-refractivity contribution in [3.63, 3.8) is 0 Å². The molecule has 0 aliphatic heterocycles. The van der Waals surface area contributed by atoms with E-state index in [1.54, 1.807) is 12.1 Å². The summed E-state index contributed by atoms with van der Waals surface area (Å²) in [5.74, 6) is 0. The van der Waals surface area contributed by atoms with Crippen LogP contribution in [0.15, 0.2) is 29.2 Å². The maximum atomic E-state index is 12.0. The van der Waals surface area contributed by atoms with Gasteiger partial charge in [0.2, 0.25) is 10.0 Å². The van der Waals surface area contributed by atoms with Crippen LogP contribution in [0.5, 0.6) is 0 Å². The summed E-state index contributed by atoms with van der Waals surface area (Å²) in [6.07, 6.45) is 0. The summed E-state index contributed by atoms with van der Waals surface area (Å²) < 4.78 is 31.7. The first-order valence-electron chi connectivity index (χ1n) is 6.92. The fourth-order valence-corrected chi connectivity index (χ4v) is 2.85. The van der Waals surface area contributed by atoms with E-state index >= 15 is 0 Å². The Balaban J connectivity index is 2.67. The van der Waals surface area contributed by atoms with Gasteiger partial charge in [-0.3, -0.25) is 0 Å². The van der Waals surface area contributed by atoms with Crippen LogP contribution in [0.3, 0.4) is 0 Å². The molecular formula is C14H24N2O3S. The molecule has 0 radical (unpaired) electrons. The SMILES string of the molecule is CCNC(C)c1ccc(S(=O)(=O)NCCOCC)cc1. The Morgan fingerprint density at radius 2 is 1.85 bits per heavy atom. The smallest absolute Gasteiger partial charge is 0.240 e. The number of hydrogen-bond acceptors (Lipinski definition) is 4. The number of ether oxygens (including phenoxy) is 1. The Labute approximate surface area is 121 Å². The maximum Gasteiger partial charge on any atom is 0.240 e. The highest BCUT2D eigenvalue weighted by molar-refractivity contribution is 7.89. The molecule has 2 N–H and O–H groups in total. The largest absolute Gasteiger partial charge is 0.380 e. The summed E-state index contributed by atoms with van der Waals surface area (Å²) in [4.78, 5) is 0.279. The Bertz CT molecular complexity index is 486. The van der Waals surface area contributed by atoms with E-state index in [1.807, 2.05) is 32.9 Å². The first kappa shape index (κ1) is 17.1. The normalized spacial score (nSPS) is 13.3. The van der Waals surface area contributed by atoms with Gasteiger partial charge in [0.1, 0.15) is 0 Å². The Hall–Kier alpha value is -0.950. The van der Waals surface area contributed by atoms with Crippen molar-refractivity contribution in [1.29, 1.82) is 0 Å². The molecule has 0 amide bonds. The number of rotatable bonds is 9. The zero-order valence-electron chi connectivity index (χ0n) is 12.3. The summed E-state index contributed by atoms with van der Waals surface area (Å²) in [5, 5.41) is 3.29. The van der Waals surface area contributed by atoms with E-state index < -0.39 is 10.0 Å². The topological polar surface area (TPSA) is 67.4 Å². The Morgan fingerprint density at radius 1 is 1.20 bits per heavy atom. The van der Waals surface area contributed by atoms with Gasteiger partial charge in [-0.15, -0.1) is 0 Å². The summed E-state index contributed by atoms with van der Waals surface area (Å²) in [6.45, 7) is 8.08. The third-order valence-corrected chi connectivity index (χ3v) is 4.42. The highest BCUT2D eigenvalue weighted by Crippen LogP contribution is 2.15. The van der Waals surface area contributed by atoms with Crippen molar-refractivity contribution in [3.8, 4) is 0 Å². The monoisotopic (exact) mass is 300 g/mol. The molecule has 0 aromatic heterocycles. The van der Waals surface area contributed by atoms with E-state index in [0.717, 1.165) is 12.1 Å². The third kappa shape index (κ3) is 5.20. The molecule has 6 heteroatoms. The van der Waals surface area contributed by atoms with Crippen LogP contribution in [0.25, 0.3) is 0 Å². The van der Waals surface area contributed by atoms with Crippen molar-refractivity contribution in [2.45, 2.75) is 31.7 Å². The summed E-state index contributed by atoms with van der Waals surface area (Å²) in [6, 6.07) is 7.15. The number of benzene rings is 1. The second-order valence-electron chi connectivity index (χ2n) is 4.44. The molecule has 0 heterocycles. The fraction of sp³-hybridized carbons (Fsp3) is 0.571.